The fourth-order valence-electron chi connectivity index (χ4n) is 2.82. The Bertz CT molecular complexity index is 880. The van der Waals surface area contributed by atoms with E-state index in [4.69, 9.17) is 0 Å². The summed E-state index contributed by atoms with van der Waals surface area (Å²) >= 11 is 0. The third-order valence-corrected chi connectivity index (χ3v) is 4.16. The first-order valence-electron chi connectivity index (χ1n) is 7.68. The van der Waals surface area contributed by atoms with Crippen LogP contribution in [0.1, 0.15) is 12.0 Å². The Morgan fingerprint density at radius 1 is 1.09 bits per heavy atom. The predicted octanol–water partition coefficient (Wildman–Crippen LogP) is 4.64. The van der Waals surface area contributed by atoms with E-state index in [1.807, 2.05) is 6.20 Å². The molecule has 0 bridgehead atoms. The highest BCUT2D eigenvalue weighted by Crippen LogP contribution is 2.32. The molecule has 0 radical (unpaired) electrons. The van der Waals surface area contributed by atoms with E-state index >= 15 is 0 Å². The number of fused-ring (bicyclic) bond motifs is 3. The van der Waals surface area contributed by atoms with Crippen LogP contribution in [-0.2, 0) is 0 Å². The van der Waals surface area contributed by atoms with Crippen molar-refractivity contribution in [3.05, 3.63) is 66.4 Å². The van der Waals surface area contributed by atoms with E-state index in [0.717, 1.165) is 17.6 Å². The lowest BCUT2D eigenvalue weighted by molar-refractivity contribution is 0.924. The zero-order valence-electron chi connectivity index (χ0n) is 12.6. The van der Waals surface area contributed by atoms with Crippen molar-refractivity contribution < 1.29 is 0 Å². The van der Waals surface area contributed by atoms with Crippen LogP contribution in [0.5, 0.6) is 0 Å². The molecule has 0 saturated carbocycles. The van der Waals surface area contributed by atoms with Crippen LogP contribution in [0, 0.1) is 12.8 Å². The Morgan fingerprint density at radius 2 is 1.95 bits per heavy atom. The summed E-state index contributed by atoms with van der Waals surface area (Å²) in [5.41, 5.74) is 11.1. The van der Waals surface area contributed by atoms with Crippen LogP contribution in [0.4, 0.5) is 5.69 Å². The molecule has 1 aliphatic rings. The van der Waals surface area contributed by atoms with Gasteiger partial charge in [-0.15, -0.1) is 0 Å². The molecule has 1 heterocycles. The Labute approximate surface area is 129 Å². The number of aromatic nitrogens is 1. The summed E-state index contributed by atoms with van der Waals surface area (Å²) in [4.78, 5) is 3.52. The first-order chi connectivity index (χ1) is 10.8. The summed E-state index contributed by atoms with van der Waals surface area (Å²) in [7, 11) is 0. The third kappa shape index (κ3) is 2.35. The second-order valence-corrected chi connectivity index (χ2v) is 5.81. The second-order valence-electron chi connectivity index (χ2n) is 5.81. The number of anilines is 1. The van der Waals surface area contributed by atoms with Crippen LogP contribution >= 0.6 is 0 Å². The van der Waals surface area contributed by atoms with Crippen molar-refractivity contribution in [3.8, 4) is 0 Å². The topological polar surface area (TPSA) is 39.9 Å². The molecule has 3 nitrogen and oxygen atoms in total. The molecule has 0 amide bonds. The summed E-state index contributed by atoms with van der Waals surface area (Å²) in [5.74, 6) is 0.678. The lowest BCUT2D eigenvalue weighted by Crippen LogP contribution is -2.15. The molecule has 22 heavy (non-hydrogen) atoms. The van der Waals surface area contributed by atoms with Gasteiger partial charge in [-0.3, -0.25) is 5.43 Å². The molecular formula is C19H19N3. The predicted molar refractivity (Wildman–Crippen MR) is 93.7 cm³/mol. The molecule has 0 unspecified atom stereocenters. The molecule has 0 saturated heterocycles. The van der Waals surface area contributed by atoms with Gasteiger partial charge in [0.05, 0.1) is 11.2 Å². The van der Waals surface area contributed by atoms with Crippen LogP contribution in [0.3, 0.4) is 0 Å². The van der Waals surface area contributed by atoms with Crippen LogP contribution < -0.4 is 10.9 Å². The molecule has 0 atom stereocenters. The zero-order chi connectivity index (χ0) is 14.9. The van der Waals surface area contributed by atoms with Crippen molar-refractivity contribution in [1.29, 1.82) is 0 Å². The molecule has 3 aromatic rings. The highest BCUT2D eigenvalue weighted by atomic mass is 15.3. The second kappa shape index (κ2) is 5.26. The van der Waals surface area contributed by atoms with Crippen molar-refractivity contribution in [2.24, 2.45) is 5.92 Å². The van der Waals surface area contributed by atoms with E-state index in [2.05, 4.69) is 77.4 Å². The molecule has 0 spiro atoms. The summed E-state index contributed by atoms with van der Waals surface area (Å²) in [5, 5.41) is 2.51. The molecule has 1 aromatic heterocycles. The Balaban J connectivity index is 1.63. The number of hydrogen-bond acceptors (Lipinski definition) is 2. The van der Waals surface area contributed by atoms with E-state index in [1.54, 1.807) is 0 Å². The van der Waals surface area contributed by atoms with Crippen LogP contribution in [0.15, 0.2) is 60.8 Å². The molecule has 2 aromatic carbocycles. The molecular weight excluding hydrogens is 270 g/mol. The van der Waals surface area contributed by atoms with Gasteiger partial charge in [0.25, 0.3) is 0 Å². The minimum Gasteiger partial charge on any atom is -0.353 e. The number of para-hydroxylation sites is 1. The first-order valence-corrected chi connectivity index (χ1v) is 7.68. The minimum atomic E-state index is 0.678. The summed E-state index contributed by atoms with van der Waals surface area (Å²) in [6.07, 6.45) is 9.63. The number of H-pyrrole nitrogens is 1. The number of aromatic amines is 1. The first kappa shape index (κ1) is 13.0. The van der Waals surface area contributed by atoms with Crippen molar-refractivity contribution in [2.75, 3.05) is 5.43 Å². The number of hydrazine groups is 1. The lowest BCUT2D eigenvalue weighted by Gasteiger charge is -2.10. The number of allylic oxidation sites excluding steroid dienone is 3. The van der Waals surface area contributed by atoms with Gasteiger partial charge in [-0.2, -0.15) is 0 Å². The number of hydrogen-bond donors (Lipinski definition) is 3. The lowest BCUT2D eigenvalue weighted by atomic mass is 10.1. The number of rotatable bonds is 5. The van der Waals surface area contributed by atoms with Crippen LogP contribution in [0.2, 0.25) is 0 Å². The van der Waals surface area contributed by atoms with Crippen molar-refractivity contribution >= 4 is 27.5 Å². The molecule has 4 rings (SSSR count). The molecule has 110 valence electrons. The average Bonchev–Trinajstić information content (AvgIpc) is 3.28. The Kier molecular flexibility index (Phi) is 3.11. The van der Waals surface area contributed by atoms with Gasteiger partial charge in [0.2, 0.25) is 0 Å². The van der Waals surface area contributed by atoms with Gasteiger partial charge in [-0.25, -0.2) is 0 Å². The zero-order valence-corrected chi connectivity index (χ0v) is 12.6. The smallest absolute Gasteiger partial charge is 0.0810 e. The van der Waals surface area contributed by atoms with Gasteiger partial charge < -0.3 is 10.4 Å². The van der Waals surface area contributed by atoms with E-state index < -0.39 is 0 Å². The maximum absolute atomic E-state index is 3.52. The van der Waals surface area contributed by atoms with Crippen LogP contribution in [0.25, 0.3) is 21.8 Å². The van der Waals surface area contributed by atoms with Gasteiger partial charge in [0.1, 0.15) is 0 Å². The largest absolute Gasteiger partial charge is 0.353 e. The minimum absolute atomic E-state index is 0.678. The summed E-state index contributed by atoms with van der Waals surface area (Å²) in [6.45, 7) is 2.12. The van der Waals surface area contributed by atoms with Gasteiger partial charge in [-0.1, -0.05) is 48.6 Å². The van der Waals surface area contributed by atoms with Crippen molar-refractivity contribution in [3.63, 3.8) is 0 Å². The fourth-order valence-corrected chi connectivity index (χ4v) is 2.82. The van der Waals surface area contributed by atoms with Gasteiger partial charge >= 0.3 is 0 Å². The highest BCUT2D eigenvalue weighted by molar-refractivity contribution is 6.11. The third-order valence-electron chi connectivity index (χ3n) is 4.16. The molecule has 0 aliphatic heterocycles. The summed E-state index contributed by atoms with van der Waals surface area (Å²) in [6, 6.07) is 12.8. The van der Waals surface area contributed by atoms with E-state index in [9.17, 15) is 0 Å². The van der Waals surface area contributed by atoms with Crippen molar-refractivity contribution in [2.45, 2.75) is 13.3 Å². The fraction of sp³-hybridized carbons (Fsp3) is 0.158. The molecule has 3 N–H and O–H groups in total. The summed E-state index contributed by atoms with van der Waals surface area (Å²) < 4.78 is 0. The Morgan fingerprint density at radius 3 is 2.82 bits per heavy atom. The van der Waals surface area contributed by atoms with E-state index in [-0.39, 0.29) is 0 Å². The average molecular weight is 289 g/mol. The molecule has 0 fully saturated rings. The number of benzene rings is 2. The quantitative estimate of drug-likeness (QED) is 0.473. The highest BCUT2D eigenvalue weighted by Gasteiger charge is 2.10. The van der Waals surface area contributed by atoms with Crippen LogP contribution in [-0.4, -0.2) is 4.98 Å². The maximum atomic E-state index is 3.52. The molecule has 1 aliphatic carbocycles. The van der Waals surface area contributed by atoms with Gasteiger partial charge in [-0.05, 0) is 30.9 Å². The monoisotopic (exact) mass is 289 g/mol. The van der Waals surface area contributed by atoms with Crippen molar-refractivity contribution in [1.82, 2.24) is 10.4 Å². The van der Waals surface area contributed by atoms with Gasteiger partial charge in [0, 0.05) is 22.5 Å². The Hall–Kier alpha value is -2.68. The SMILES string of the molecule is Cc1ccc2c([nH]c3ccccc32)c1NN/C=C/CC1C=C1. The number of aryl methyl sites for hydroxylation is 1. The molecule has 3 heteroatoms. The number of nitrogens with one attached hydrogen (secondary N) is 3. The maximum Gasteiger partial charge on any atom is 0.0810 e. The normalized spacial score (nSPS) is 14.2. The van der Waals surface area contributed by atoms with Gasteiger partial charge in [0.15, 0.2) is 0 Å². The standard InChI is InChI=1S/C19H19N3/c1-13-8-11-16-15-6-2-3-7-17(15)21-19(16)18(13)22-20-12-4-5-14-9-10-14/h2-4,6-12,14,20-22H,5H2,1H3/b12-4+. The van der Waals surface area contributed by atoms with E-state index in [0.29, 0.717) is 5.92 Å². The van der Waals surface area contributed by atoms with E-state index in [1.165, 1.54) is 21.9 Å².